The summed E-state index contributed by atoms with van der Waals surface area (Å²) in [4.78, 5) is 0. The molecule has 0 saturated carbocycles. The fourth-order valence-corrected chi connectivity index (χ4v) is 11.8. The fourth-order valence-electron chi connectivity index (χ4n) is 11.8. The standard InChI is InChI=1S/C72H114O4/c1-16-25-34-54-44-48-67(61(40-31-22-7)58(54)37-28-19-4)74-70(10,11)51-57-43-47-66(73)65(53-72(14,15)76-69-50-46-56(36-27-18-3)60(39-30-21-6)63(69)42-33-24-9)64(57)52-71(12,13)75-68-49-45-55(35-26-17-2)59(38-29-20-5)62(68)41-32-23-8/h43-50,73H,16-42,51-53H2,1-15H3. The molecule has 0 aliphatic heterocycles. The molecule has 4 aromatic rings. The van der Waals surface area contributed by atoms with Crippen molar-refractivity contribution in [3.8, 4) is 23.0 Å². The van der Waals surface area contributed by atoms with Crippen LogP contribution >= 0.6 is 0 Å². The van der Waals surface area contributed by atoms with Crippen molar-refractivity contribution in [2.45, 2.75) is 313 Å². The molecule has 4 nitrogen and oxygen atoms in total. The largest absolute Gasteiger partial charge is 0.508 e. The van der Waals surface area contributed by atoms with Crippen molar-refractivity contribution >= 4 is 0 Å². The summed E-state index contributed by atoms with van der Waals surface area (Å²) in [5, 5.41) is 12.3. The topological polar surface area (TPSA) is 47.9 Å². The van der Waals surface area contributed by atoms with E-state index in [9.17, 15) is 5.11 Å². The molecule has 0 saturated heterocycles. The predicted molar refractivity (Wildman–Crippen MR) is 330 cm³/mol. The van der Waals surface area contributed by atoms with Gasteiger partial charge in [-0.25, -0.2) is 0 Å². The van der Waals surface area contributed by atoms with E-state index in [2.05, 4.69) is 146 Å². The van der Waals surface area contributed by atoms with Gasteiger partial charge in [-0.1, -0.05) is 144 Å². The zero-order valence-electron chi connectivity index (χ0n) is 52.0. The van der Waals surface area contributed by atoms with Crippen LogP contribution in [0.3, 0.4) is 0 Å². The van der Waals surface area contributed by atoms with Crippen LogP contribution in [-0.4, -0.2) is 21.9 Å². The number of phenolic OH excluding ortho intramolecular Hbond substituents is 1. The van der Waals surface area contributed by atoms with Gasteiger partial charge in [-0.2, -0.15) is 0 Å². The van der Waals surface area contributed by atoms with E-state index in [1.807, 2.05) is 6.07 Å². The minimum Gasteiger partial charge on any atom is -0.508 e. The third-order valence-corrected chi connectivity index (χ3v) is 16.0. The average Bonchev–Trinajstić information content (AvgIpc) is 3.38. The van der Waals surface area contributed by atoms with Crippen LogP contribution in [0.15, 0.2) is 48.5 Å². The first kappa shape index (κ1) is 64.6. The summed E-state index contributed by atoms with van der Waals surface area (Å²) in [6.45, 7) is 34.3. The number of unbranched alkanes of at least 4 members (excludes halogenated alkanes) is 9. The summed E-state index contributed by atoms with van der Waals surface area (Å²) < 4.78 is 22.2. The highest BCUT2D eigenvalue weighted by molar-refractivity contribution is 5.51. The molecule has 4 heteroatoms. The van der Waals surface area contributed by atoms with Gasteiger partial charge in [0.2, 0.25) is 0 Å². The van der Waals surface area contributed by atoms with E-state index in [1.165, 1.54) is 133 Å². The summed E-state index contributed by atoms with van der Waals surface area (Å²) in [5.41, 5.74) is 14.8. The number of hydrogen-bond acceptors (Lipinski definition) is 4. The maximum atomic E-state index is 12.3. The van der Waals surface area contributed by atoms with Gasteiger partial charge in [-0.3, -0.25) is 0 Å². The van der Waals surface area contributed by atoms with Crippen molar-refractivity contribution in [1.82, 2.24) is 0 Å². The second-order valence-electron chi connectivity index (χ2n) is 24.8. The van der Waals surface area contributed by atoms with E-state index in [0.29, 0.717) is 25.0 Å². The SMILES string of the molecule is CCCCc1ccc(OC(C)(C)Cc2ccc(O)c(CC(C)(C)Oc3ccc(CCCC)c(CCCC)c3CCCC)c2CC(C)(C)Oc2ccc(CCCC)c(CCCC)c2CCCC)c(CCCC)c1CCCC. The third-order valence-electron chi connectivity index (χ3n) is 16.0. The van der Waals surface area contributed by atoms with Crippen LogP contribution in [0.4, 0.5) is 0 Å². The monoisotopic (exact) mass is 1040 g/mol. The van der Waals surface area contributed by atoms with Crippen molar-refractivity contribution in [3.63, 3.8) is 0 Å². The second-order valence-corrected chi connectivity index (χ2v) is 24.8. The average molecular weight is 1040 g/mol. The maximum Gasteiger partial charge on any atom is 0.123 e. The van der Waals surface area contributed by atoms with E-state index in [0.717, 1.165) is 125 Å². The van der Waals surface area contributed by atoms with E-state index in [1.54, 1.807) is 0 Å². The van der Waals surface area contributed by atoms with Crippen molar-refractivity contribution in [2.24, 2.45) is 0 Å². The third kappa shape index (κ3) is 19.8. The lowest BCUT2D eigenvalue weighted by atomic mass is 9.82. The van der Waals surface area contributed by atoms with Gasteiger partial charge in [0.25, 0.3) is 0 Å². The predicted octanol–water partition coefficient (Wildman–Crippen LogP) is 20.7. The van der Waals surface area contributed by atoms with Crippen LogP contribution in [0.25, 0.3) is 0 Å². The number of rotatable bonds is 39. The smallest absolute Gasteiger partial charge is 0.123 e. The minimum atomic E-state index is -0.631. The fraction of sp³-hybridized carbons (Fsp3) is 0.667. The first-order valence-electron chi connectivity index (χ1n) is 31.8. The number of phenols is 1. The van der Waals surface area contributed by atoms with Crippen molar-refractivity contribution < 1.29 is 19.3 Å². The lowest BCUT2D eigenvalue weighted by Crippen LogP contribution is -2.36. The number of aryl methyl sites for hydroxylation is 3. The number of aromatic hydroxyl groups is 1. The van der Waals surface area contributed by atoms with Gasteiger partial charge in [0.05, 0.1) is 0 Å². The first-order chi connectivity index (χ1) is 36.5. The molecule has 0 heterocycles. The summed E-state index contributed by atoms with van der Waals surface area (Å²) in [6, 6.07) is 18.1. The molecular formula is C72H114O4. The number of ether oxygens (including phenoxy) is 3. The molecule has 426 valence electrons. The summed E-state index contributed by atoms with van der Waals surface area (Å²) >= 11 is 0. The second kappa shape index (κ2) is 32.9. The molecule has 0 aliphatic rings. The highest BCUT2D eigenvalue weighted by atomic mass is 16.5. The van der Waals surface area contributed by atoms with Gasteiger partial charge in [-0.15, -0.1) is 0 Å². The molecule has 0 bridgehead atoms. The van der Waals surface area contributed by atoms with E-state index in [-0.39, 0.29) is 0 Å². The molecule has 76 heavy (non-hydrogen) atoms. The van der Waals surface area contributed by atoms with Crippen LogP contribution in [0.2, 0.25) is 0 Å². The molecule has 0 aliphatic carbocycles. The zero-order valence-corrected chi connectivity index (χ0v) is 52.0. The Balaban J connectivity index is 1.91. The van der Waals surface area contributed by atoms with Crippen molar-refractivity contribution in [2.75, 3.05) is 0 Å². The molecule has 0 amide bonds. The van der Waals surface area contributed by atoms with Gasteiger partial charge < -0.3 is 19.3 Å². The lowest BCUT2D eigenvalue weighted by molar-refractivity contribution is 0.0976. The first-order valence-corrected chi connectivity index (χ1v) is 31.8. The Bertz CT molecular complexity index is 2310. The Morgan fingerprint density at radius 1 is 0.276 bits per heavy atom. The molecule has 0 aromatic heterocycles. The Kier molecular flexibility index (Phi) is 27.9. The summed E-state index contributed by atoms with van der Waals surface area (Å²) in [7, 11) is 0. The molecule has 0 fully saturated rings. The van der Waals surface area contributed by atoms with Crippen LogP contribution in [0, 0.1) is 0 Å². The van der Waals surface area contributed by atoms with Crippen LogP contribution in [0.5, 0.6) is 23.0 Å². The minimum absolute atomic E-state index is 0.325. The van der Waals surface area contributed by atoms with Gasteiger partial charge in [-0.05, 0) is 243 Å². The maximum absolute atomic E-state index is 12.3. The number of hydrogen-bond donors (Lipinski definition) is 1. The highest BCUT2D eigenvalue weighted by Crippen LogP contribution is 2.41. The van der Waals surface area contributed by atoms with Gasteiger partial charge in [0.15, 0.2) is 0 Å². The highest BCUT2D eigenvalue weighted by Gasteiger charge is 2.34. The molecule has 1 N–H and O–H groups in total. The Hall–Kier alpha value is -3.92. The van der Waals surface area contributed by atoms with Gasteiger partial charge in [0.1, 0.15) is 39.8 Å². The normalized spacial score (nSPS) is 12.2. The molecule has 0 unspecified atom stereocenters. The van der Waals surface area contributed by atoms with Crippen LogP contribution in [0.1, 0.15) is 286 Å². The Labute approximate surface area is 468 Å². The Morgan fingerprint density at radius 2 is 0.526 bits per heavy atom. The molecule has 4 aromatic carbocycles. The zero-order chi connectivity index (χ0) is 55.7. The number of benzene rings is 4. The van der Waals surface area contributed by atoms with E-state index < -0.39 is 16.8 Å². The van der Waals surface area contributed by atoms with E-state index in [4.69, 9.17) is 14.2 Å². The van der Waals surface area contributed by atoms with E-state index >= 15 is 0 Å². The molecule has 4 rings (SSSR count). The van der Waals surface area contributed by atoms with Crippen LogP contribution in [-0.2, 0) is 77.0 Å². The summed E-state index contributed by atoms with van der Waals surface area (Å²) in [5.74, 6) is 3.41. The Morgan fingerprint density at radius 3 is 0.829 bits per heavy atom. The van der Waals surface area contributed by atoms with Gasteiger partial charge >= 0.3 is 0 Å². The van der Waals surface area contributed by atoms with Crippen molar-refractivity contribution in [3.05, 3.63) is 115 Å². The molecule has 0 spiro atoms. The quantitative estimate of drug-likeness (QED) is 0.0484. The molecule has 0 atom stereocenters. The summed E-state index contributed by atoms with van der Waals surface area (Å²) in [6.07, 6.45) is 32.8. The van der Waals surface area contributed by atoms with Crippen molar-refractivity contribution in [1.29, 1.82) is 0 Å². The van der Waals surface area contributed by atoms with Crippen LogP contribution < -0.4 is 14.2 Å². The lowest BCUT2D eigenvalue weighted by Gasteiger charge is -2.35. The molecule has 0 radical (unpaired) electrons. The van der Waals surface area contributed by atoms with Gasteiger partial charge in [0, 0.05) is 24.8 Å². The molecular weight excluding hydrogens is 929 g/mol.